The van der Waals surface area contributed by atoms with Crippen molar-refractivity contribution in [2.45, 2.75) is 37.3 Å². The summed E-state index contributed by atoms with van der Waals surface area (Å²) in [6.07, 6.45) is 8.52. The van der Waals surface area contributed by atoms with Crippen LogP contribution >= 0.6 is 0 Å². The molecule has 27 heavy (non-hydrogen) atoms. The number of piperidine rings is 1. The van der Waals surface area contributed by atoms with Crippen LogP contribution in [0.1, 0.15) is 30.0 Å². The molecule has 5 heteroatoms. The van der Waals surface area contributed by atoms with Crippen LogP contribution in [0.4, 0.5) is 0 Å². The lowest BCUT2D eigenvalue weighted by atomic mass is 9.61. The molecule has 0 saturated carbocycles. The predicted octanol–water partition coefficient (Wildman–Crippen LogP) is 3.00. The standard InChI is InChI=1S/C22H26N2O3/c1-22-9-10-24(2)19(12-16-5-6-17(26-3)13-18(16)22)21(22)23-20(25)7-4-15-8-11-27-14-15/h4-8,11,13-14,19,21H,9-10,12H2,1-3H3,(H,23,25)/b7-4+/t19?,21-,22+/m0/s1. The van der Waals surface area contributed by atoms with Crippen molar-refractivity contribution in [3.8, 4) is 5.75 Å². The summed E-state index contributed by atoms with van der Waals surface area (Å²) in [5.41, 5.74) is 3.43. The zero-order valence-corrected chi connectivity index (χ0v) is 16.1. The Hall–Kier alpha value is -2.53. The van der Waals surface area contributed by atoms with Crippen LogP contribution < -0.4 is 10.1 Å². The van der Waals surface area contributed by atoms with E-state index in [2.05, 4.69) is 36.3 Å². The van der Waals surface area contributed by atoms with Crippen LogP contribution in [0.25, 0.3) is 6.08 Å². The first-order valence-corrected chi connectivity index (χ1v) is 9.39. The van der Waals surface area contributed by atoms with Gasteiger partial charge in [-0.1, -0.05) is 13.0 Å². The Bertz CT molecular complexity index is 858. The number of amides is 1. The molecule has 2 aliphatic rings. The first-order chi connectivity index (χ1) is 13.0. The van der Waals surface area contributed by atoms with Crippen molar-refractivity contribution in [3.63, 3.8) is 0 Å². The van der Waals surface area contributed by atoms with Gasteiger partial charge in [0.2, 0.25) is 5.91 Å². The van der Waals surface area contributed by atoms with Gasteiger partial charge in [0.1, 0.15) is 5.75 Å². The van der Waals surface area contributed by atoms with E-state index in [1.807, 2.05) is 12.1 Å². The van der Waals surface area contributed by atoms with Gasteiger partial charge in [0.15, 0.2) is 0 Å². The second-order valence-electron chi connectivity index (χ2n) is 7.82. The number of carbonyl (C=O) groups excluding carboxylic acids is 1. The van der Waals surface area contributed by atoms with E-state index in [1.54, 1.807) is 31.8 Å². The molecule has 0 radical (unpaired) electrons. The van der Waals surface area contributed by atoms with E-state index >= 15 is 0 Å². The van der Waals surface area contributed by atoms with Crippen LogP contribution in [0.2, 0.25) is 0 Å². The number of likely N-dealkylation sites (tertiary alicyclic amines) is 1. The summed E-state index contributed by atoms with van der Waals surface area (Å²) in [4.78, 5) is 15.0. The third-order valence-corrected chi connectivity index (χ3v) is 6.25. The zero-order valence-electron chi connectivity index (χ0n) is 16.1. The topological polar surface area (TPSA) is 54.7 Å². The van der Waals surface area contributed by atoms with Crippen molar-refractivity contribution in [3.05, 3.63) is 59.6 Å². The van der Waals surface area contributed by atoms with E-state index in [-0.39, 0.29) is 23.4 Å². The molecule has 4 rings (SSSR count). The molecule has 142 valence electrons. The molecular weight excluding hydrogens is 340 g/mol. The monoisotopic (exact) mass is 366 g/mol. The molecule has 1 amide bonds. The molecule has 2 heterocycles. The number of nitrogens with zero attached hydrogens (tertiary/aromatic N) is 1. The van der Waals surface area contributed by atoms with E-state index < -0.39 is 0 Å². The third kappa shape index (κ3) is 3.16. The average molecular weight is 366 g/mol. The van der Waals surface area contributed by atoms with E-state index in [9.17, 15) is 4.79 Å². The van der Waals surface area contributed by atoms with Crippen LogP contribution in [-0.4, -0.2) is 43.6 Å². The highest BCUT2D eigenvalue weighted by Gasteiger charge is 2.50. The van der Waals surface area contributed by atoms with Gasteiger partial charge in [0.05, 0.1) is 25.7 Å². The molecule has 2 bridgehead atoms. The van der Waals surface area contributed by atoms with Gasteiger partial charge in [-0.15, -0.1) is 0 Å². The van der Waals surface area contributed by atoms with Crippen molar-refractivity contribution < 1.29 is 13.9 Å². The number of carbonyl (C=O) groups is 1. The number of benzene rings is 1. The first-order valence-electron chi connectivity index (χ1n) is 9.39. The third-order valence-electron chi connectivity index (χ3n) is 6.25. The second-order valence-corrected chi connectivity index (χ2v) is 7.82. The molecule has 1 aromatic carbocycles. The maximum atomic E-state index is 12.6. The van der Waals surface area contributed by atoms with Crippen molar-refractivity contribution in [1.82, 2.24) is 10.2 Å². The highest BCUT2D eigenvalue weighted by Crippen LogP contribution is 2.45. The zero-order chi connectivity index (χ0) is 19.0. The molecule has 5 nitrogen and oxygen atoms in total. The lowest BCUT2D eigenvalue weighted by molar-refractivity contribution is -0.118. The van der Waals surface area contributed by atoms with E-state index in [4.69, 9.17) is 9.15 Å². The van der Waals surface area contributed by atoms with Gasteiger partial charge in [-0.25, -0.2) is 0 Å². The largest absolute Gasteiger partial charge is 0.497 e. The highest BCUT2D eigenvalue weighted by molar-refractivity contribution is 5.92. The highest BCUT2D eigenvalue weighted by atomic mass is 16.5. The summed E-state index contributed by atoms with van der Waals surface area (Å²) in [5.74, 6) is 0.802. The van der Waals surface area contributed by atoms with Gasteiger partial charge in [-0.2, -0.15) is 0 Å². The molecular formula is C22H26N2O3. The van der Waals surface area contributed by atoms with Gasteiger partial charge in [0, 0.05) is 23.1 Å². The Balaban J connectivity index is 1.64. The first kappa shape index (κ1) is 17.9. The molecule has 1 N–H and O–H groups in total. The quantitative estimate of drug-likeness (QED) is 0.845. The molecule has 1 aliphatic heterocycles. The molecule has 1 fully saturated rings. The summed E-state index contributed by atoms with van der Waals surface area (Å²) in [6.45, 7) is 3.30. The fourth-order valence-electron chi connectivity index (χ4n) is 4.60. The number of likely N-dealkylation sites (N-methyl/N-ethyl adjacent to an activating group) is 1. The normalized spacial score (nSPS) is 27.4. The minimum atomic E-state index is -0.113. The lowest BCUT2D eigenvalue weighted by Gasteiger charge is -2.54. The minimum Gasteiger partial charge on any atom is -0.497 e. The summed E-state index contributed by atoms with van der Waals surface area (Å²) < 4.78 is 10.5. The Morgan fingerprint density at radius 2 is 2.26 bits per heavy atom. The van der Waals surface area contributed by atoms with E-state index in [0.717, 1.165) is 30.7 Å². The van der Waals surface area contributed by atoms with Gasteiger partial charge in [-0.3, -0.25) is 4.79 Å². The maximum absolute atomic E-state index is 12.6. The molecule has 0 spiro atoms. The fourth-order valence-corrected chi connectivity index (χ4v) is 4.60. The predicted molar refractivity (Wildman–Crippen MR) is 105 cm³/mol. The lowest BCUT2D eigenvalue weighted by Crippen LogP contribution is -2.66. The molecule has 1 aliphatic carbocycles. The summed E-state index contributed by atoms with van der Waals surface area (Å²) in [5, 5.41) is 3.29. The number of methoxy groups -OCH3 is 1. The Kier molecular flexibility index (Phi) is 4.56. The molecule has 1 unspecified atom stereocenters. The van der Waals surface area contributed by atoms with Crippen molar-refractivity contribution in [1.29, 1.82) is 0 Å². The smallest absolute Gasteiger partial charge is 0.244 e. The Labute approximate surface area is 160 Å². The number of rotatable bonds is 4. The molecule has 3 atom stereocenters. The number of hydrogen-bond acceptors (Lipinski definition) is 4. The molecule has 2 aromatic rings. The number of ether oxygens (including phenoxy) is 1. The van der Waals surface area contributed by atoms with Gasteiger partial charge in [-0.05, 0) is 61.8 Å². The Morgan fingerprint density at radius 3 is 3.00 bits per heavy atom. The van der Waals surface area contributed by atoms with Gasteiger partial charge < -0.3 is 19.4 Å². The summed E-state index contributed by atoms with van der Waals surface area (Å²) in [6, 6.07) is 8.53. The van der Waals surface area contributed by atoms with E-state index in [0.29, 0.717) is 0 Å². The summed E-state index contributed by atoms with van der Waals surface area (Å²) in [7, 11) is 3.85. The number of furan rings is 1. The Morgan fingerprint density at radius 1 is 1.41 bits per heavy atom. The van der Waals surface area contributed by atoms with Crippen molar-refractivity contribution in [2.24, 2.45) is 0 Å². The number of hydrogen-bond donors (Lipinski definition) is 1. The van der Waals surface area contributed by atoms with Crippen molar-refractivity contribution >= 4 is 12.0 Å². The summed E-state index contributed by atoms with van der Waals surface area (Å²) >= 11 is 0. The van der Waals surface area contributed by atoms with E-state index in [1.165, 1.54) is 11.1 Å². The SMILES string of the molecule is COc1ccc2c(c1)[C@@]1(C)CCN(C)C(C2)[C@@H]1NC(=O)/C=C/c1ccoc1. The fraction of sp³-hybridized carbons (Fsp3) is 0.409. The van der Waals surface area contributed by atoms with Crippen molar-refractivity contribution in [2.75, 3.05) is 20.7 Å². The average Bonchev–Trinajstić information content (AvgIpc) is 3.19. The molecule has 1 aromatic heterocycles. The number of fused-ring (bicyclic) bond motifs is 4. The van der Waals surface area contributed by atoms with Gasteiger partial charge in [0.25, 0.3) is 0 Å². The number of nitrogens with one attached hydrogen (secondary N) is 1. The second kappa shape index (κ2) is 6.89. The van der Waals surface area contributed by atoms with Crippen LogP contribution in [-0.2, 0) is 16.6 Å². The van der Waals surface area contributed by atoms with Crippen LogP contribution in [0, 0.1) is 0 Å². The molecule has 1 saturated heterocycles. The van der Waals surface area contributed by atoms with Crippen LogP contribution in [0.3, 0.4) is 0 Å². The maximum Gasteiger partial charge on any atom is 0.244 e. The minimum absolute atomic E-state index is 0.0531. The van der Waals surface area contributed by atoms with Gasteiger partial charge >= 0.3 is 0 Å². The van der Waals surface area contributed by atoms with Crippen LogP contribution in [0.15, 0.2) is 47.3 Å². The van der Waals surface area contributed by atoms with Crippen LogP contribution in [0.5, 0.6) is 5.75 Å².